The van der Waals surface area contributed by atoms with Gasteiger partial charge in [0, 0.05) is 10.4 Å². The third-order valence-corrected chi connectivity index (χ3v) is 3.93. The van der Waals surface area contributed by atoms with Gasteiger partial charge in [-0.25, -0.2) is 4.98 Å². The van der Waals surface area contributed by atoms with E-state index in [1.807, 2.05) is 36.6 Å². The molecule has 21 heavy (non-hydrogen) atoms. The van der Waals surface area contributed by atoms with Crippen LogP contribution in [-0.2, 0) is 16.0 Å². The first-order chi connectivity index (χ1) is 10.1. The van der Waals surface area contributed by atoms with Crippen molar-refractivity contribution in [1.82, 2.24) is 4.98 Å². The molecular weight excluding hydrogens is 308 g/mol. The summed E-state index contributed by atoms with van der Waals surface area (Å²) < 4.78 is 4.91. The molecule has 0 spiro atoms. The average molecular weight is 325 g/mol. The molecule has 1 aromatic carbocycles. The maximum atomic E-state index is 11.4. The molecule has 0 saturated heterocycles. The molecule has 1 atom stereocenters. The van der Waals surface area contributed by atoms with Crippen LogP contribution in [0.3, 0.4) is 0 Å². The Labute approximate surface area is 133 Å². The van der Waals surface area contributed by atoms with Gasteiger partial charge in [-0.05, 0) is 31.5 Å². The first-order valence-electron chi connectivity index (χ1n) is 6.70. The second-order valence-electron chi connectivity index (χ2n) is 4.55. The molecule has 1 heterocycles. The van der Waals surface area contributed by atoms with E-state index >= 15 is 0 Å². The van der Waals surface area contributed by atoms with Crippen molar-refractivity contribution in [3.63, 3.8) is 0 Å². The molecule has 4 nitrogen and oxygen atoms in total. The fourth-order valence-electron chi connectivity index (χ4n) is 1.86. The zero-order valence-corrected chi connectivity index (χ0v) is 13.5. The maximum Gasteiger partial charge on any atom is 0.311 e. The van der Waals surface area contributed by atoms with Gasteiger partial charge in [0.25, 0.3) is 0 Å². The number of carbonyl (C=O) groups excluding carboxylic acids is 1. The summed E-state index contributed by atoms with van der Waals surface area (Å²) in [5.74, 6) is -0.253. The van der Waals surface area contributed by atoms with Crippen molar-refractivity contribution < 1.29 is 9.53 Å². The molecule has 112 valence electrons. The summed E-state index contributed by atoms with van der Waals surface area (Å²) in [7, 11) is 0. The molecular formula is C15H17ClN2O2S. The van der Waals surface area contributed by atoms with Gasteiger partial charge in [0.15, 0.2) is 5.13 Å². The molecule has 0 saturated carbocycles. The summed E-state index contributed by atoms with van der Waals surface area (Å²) >= 11 is 7.46. The molecule has 0 amide bonds. The number of esters is 1. The monoisotopic (exact) mass is 324 g/mol. The topological polar surface area (TPSA) is 51.2 Å². The van der Waals surface area contributed by atoms with Gasteiger partial charge in [0.2, 0.25) is 0 Å². The second-order valence-corrected chi connectivity index (χ2v) is 5.84. The Bertz CT molecular complexity index is 615. The summed E-state index contributed by atoms with van der Waals surface area (Å²) in [5, 5.41) is 6.66. The minimum absolute atomic E-state index is 0.0882. The van der Waals surface area contributed by atoms with Crippen molar-refractivity contribution in [1.29, 1.82) is 0 Å². The summed E-state index contributed by atoms with van der Waals surface area (Å²) in [4.78, 5) is 15.8. The number of benzene rings is 1. The van der Waals surface area contributed by atoms with Crippen molar-refractivity contribution in [2.75, 3.05) is 11.9 Å². The average Bonchev–Trinajstić information content (AvgIpc) is 2.86. The quantitative estimate of drug-likeness (QED) is 0.814. The number of hydrogen-bond donors (Lipinski definition) is 1. The zero-order valence-electron chi connectivity index (χ0n) is 11.9. The van der Waals surface area contributed by atoms with Crippen LogP contribution in [0.5, 0.6) is 0 Å². The molecule has 1 aromatic heterocycles. The number of thiazole rings is 1. The standard InChI is InChI=1S/C15H17ClN2O2S/c1-3-20-14(19)8-13-9-21-15(18-13)17-10(2)11-5-4-6-12(16)7-11/h4-7,9-10H,3,8H2,1-2H3,(H,17,18). The Morgan fingerprint density at radius 3 is 3.05 bits per heavy atom. The Hall–Kier alpha value is -1.59. The van der Waals surface area contributed by atoms with E-state index in [2.05, 4.69) is 10.3 Å². The minimum Gasteiger partial charge on any atom is -0.466 e. The van der Waals surface area contributed by atoms with Gasteiger partial charge in [-0.15, -0.1) is 11.3 Å². The molecule has 0 aliphatic rings. The number of nitrogens with zero attached hydrogens (tertiary/aromatic N) is 1. The summed E-state index contributed by atoms with van der Waals surface area (Å²) in [6.45, 7) is 4.22. The number of anilines is 1. The predicted molar refractivity (Wildman–Crippen MR) is 85.9 cm³/mol. The van der Waals surface area contributed by atoms with Crippen LogP contribution in [0.1, 0.15) is 31.1 Å². The normalized spacial score (nSPS) is 12.0. The molecule has 0 aliphatic heterocycles. The van der Waals surface area contributed by atoms with Crippen LogP contribution in [0, 0.1) is 0 Å². The lowest BCUT2D eigenvalue weighted by Crippen LogP contribution is -2.09. The molecule has 1 unspecified atom stereocenters. The first kappa shape index (κ1) is 15.8. The van der Waals surface area contributed by atoms with Gasteiger partial charge in [-0.3, -0.25) is 4.79 Å². The van der Waals surface area contributed by atoms with Crippen molar-refractivity contribution >= 4 is 34.0 Å². The molecule has 2 aromatic rings. The molecule has 1 N–H and O–H groups in total. The minimum atomic E-state index is -0.253. The third-order valence-electron chi connectivity index (χ3n) is 2.87. The molecule has 0 radical (unpaired) electrons. The smallest absolute Gasteiger partial charge is 0.311 e. The highest BCUT2D eigenvalue weighted by Gasteiger charge is 2.11. The van der Waals surface area contributed by atoms with Crippen LogP contribution < -0.4 is 5.32 Å². The van der Waals surface area contributed by atoms with Crippen LogP contribution in [0.25, 0.3) is 0 Å². The van der Waals surface area contributed by atoms with E-state index in [0.29, 0.717) is 11.6 Å². The number of hydrogen-bond acceptors (Lipinski definition) is 5. The van der Waals surface area contributed by atoms with Crippen LogP contribution in [0.4, 0.5) is 5.13 Å². The highest BCUT2D eigenvalue weighted by Crippen LogP contribution is 2.24. The fraction of sp³-hybridized carbons (Fsp3) is 0.333. The summed E-state index contributed by atoms with van der Waals surface area (Å²) in [6, 6.07) is 7.79. The number of nitrogens with one attached hydrogen (secondary N) is 1. The summed E-state index contributed by atoms with van der Waals surface area (Å²) in [6.07, 6.45) is 0.206. The van der Waals surface area contributed by atoms with Gasteiger partial charge in [0.05, 0.1) is 24.8 Å². The maximum absolute atomic E-state index is 11.4. The predicted octanol–water partition coefficient (Wildman–Crippen LogP) is 4.08. The number of ether oxygens (including phenoxy) is 1. The molecule has 0 fully saturated rings. The Morgan fingerprint density at radius 1 is 1.52 bits per heavy atom. The lowest BCUT2D eigenvalue weighted by molar-refractivity contribution is -0.142. The number of halogens is 1. The lowest BCUT2D eigenvalue weighted by Gasteiger charge is -2.13. The zero-order chi connectivity index (χ0) is 15.2. The van der Waals surface area contributed by atoms with Crippen LogP contribution in [0.2, 0.25) is 5.02 Å². The van der Waals surface area contributed by atoms with Gasteiger partial charge < -0.3 is 10.1 Å². The van der Waals surface area contributed by atoms with E-state index in [9.17, 15) is 4.79 Å². The van der Waals surface area contributed by atoms with Gasteiger partial charge in [-0.1, -0.05) is 23.7 Å². The van der Waals surface area contributed by atoms with Crippen molar-refractivity contribution in [2.24, 2.45) is 0 Å². The van der Waals surface area contributed by atoms with Crippen molar-refractivity contribution in [3.05, 3.63) is 45.9 Å². The van der Waals surface area contributed by atoms with Gasteiger partial charge in [0.1, 0.15) is 0 Å². The number of aromatic nitrogens is 1. The van der Waals surface area contributed by atoms with E-state index in [-0.39, 0.29) is 18.4 Å². The third kappa shape index (κ3) is 4.72. The Balaban J connectivity index is 1.97. The highest BCUT2D eigenvalue weighted by atomic mass is 35.5. The van der Waals surface area contributed by atoms with E-state index in [0.717, 1.165) is 16.4 Å². The largest absolute Gasteiger partial charge is 0.466 e. The Morgan fingerprint density at radius 2 is 2.33 bits per heavy atom. The van der Waals surface area contributed by atoms with E-state index < -0.39 is 0 Å². The molecule has 6 heteroatoms. The van der Waals surface area contributed by atoms with Crippen molar-refractivity contribution in [2.45, 2.75) is 26.3 Å². The van der Waals surface area contributed by atoms with Crippen molar-refractivity contribution in [3.8, 4) is 0 Å². The lowest BCUT2D eigenvalue weighted by atomic mass is 10.1. The van der Waals surface area contributed by atoms with E-state index in [1.165, 1.54) is 11.3 Å². The summed E-state index contributed by atoms with van der Waals surface area (Å²) in [5.41, 5.74) is 1.81. The number of carbonyl (C=O) groups is 1. The molecule has 0 aliphatic carbocycles. The van der Waals surface area contributed by atoms with E-state index in [1.54, 1.807) is 6.92 Å². The number of rotatable bonds is 6. The van der Waals surface area contributed by atoms with Gasteiger partial charge in [-0.2, -0.15) is 0 Å². The second kappa shape index (κ2) is 7.43. The van der Waals surface area contributed by atoms with E-state index in [4.69, 9.17) is 16.3 Å². The molecule has 2 rings (SSSR count). The Kier molecular flexibility index (Phi) is 5.59. The highest BCUT2D eigenvalue weighted by molar-refractivity contribution is 7.13. The molecule has 0 bridgehead atoms. The first-order valence-corrected chi connectivity index (χ1v) is 7.96. The van der Waals surface area contributed by atoms with Gasteiger partial charge >= 0.3 is 5.97 Å². The van der Waals surface area contributed by atoms with Crippen LogP contribution in [-0.4, -0.2) is 17.6 Å². The van der Waals surface area contributed by atoms with Crippen LogP contribution in [0.15, 0.2) is 29.6 Å². The van der Waals surface area contributed by atoms with Crippen LogP contribution >= 0.6 is 22.9 Å². The fourth-order valence-corrected chi connectivity index (χ4v) is 2.86. The SMILES string of the molecule is CCOC(=O)Cc1csc(NC(C)c2cccc(Cl)c2)n1.